The molecule has 5 N–H and O–H groups in total. The highest BCUT2D eigenvalue weighted by Crippen LogP contribution is 2.38. The number of aromatic amines is 3. The fourth-order valence-corrected chi connectivity index (χ4v) is 1.79. The Balaban J connectivity index is 2.18. The number of H-pyrrole nitrogens is 3. The first kappa shape index (κ1) is 9.34. The van der Waals surface area contributed by atoms with Crippen molar-refractivity contribution < 1.29 is 0 Å². The minimum absolute atomic E-state index is 0.185. The van der Waals surface area contributed by atoms with E-state index in [4.69, 9.17) is 5.73 Å². The molecule has 16 heavy (non-hydrogen) atoms. The third kappa shape index (κ3) is 1.36. The summed E-state index contributed by atoms with van der Waals surface area (Å²) in [6, 6.07) is -0.185. The van der Waals surface area contributed by atoms with Crippen molar-refractivity contribution in [2.45, 2.75) is 18.9 Å². The van der Waals surface area contributed by atoms with Crippen LogP contribution in [0.15, 0.2) is 9.59 Å². The average molecular weight is 221 g/mol. The lowest BCUT2D eigenvalue weighted by Gasteiger charge is -2.04. The summed E-state index contributed by atoms with van der Waals surface area (Å²) in [6.07, 6.45) is 2.18. The lowest BCUT2D eigenvalue weighted by atomic mass is 10.2. The quantitative estimate of drug-likeness (QED) is 0.538. The molecule has 2 aromatic rings. The molecule has 2 heterocycles. The first-order chi connectivity index (χ1) is 7.65. The van der Waals surface area contributed by atoms with Crippen LogP contribution in [-0.4, -0.2) is 19.9 Å². The minimum Gasteiger partial charge on any atom is -0.335 e. The van der Waals surface area contributed by atoms with Crippen LogP contribution in [-0.2, 0) is 0 Å². The molecule has 1 unspecified atom stereocenters. The summed E-state index contributed by atoms with van der Waals surface area (Å²) < 4.78 is 0. The van der Waals surface area contributed by atoms with Crippen LogP contribution in [0.3, 0.4) is 0 Å². The number of aromatic nitrogens is 4. The molecule has 1 aliphatic rings. The lowest BCUT2D eigenvalue weighted by Crippen LogP contribution is -2.21. The number of rotatable bonds is 2. The molecule has 1 atom stereocenters. The van der Waals surface area contributed by atoms with E-state index in [9.17, 15) is 9.59 Å². The lowest BCUT2D eigenvalue weighted by molar-refractivity contribution is 0.602. The van der Waals surface area contributed by atoms with E-state index in [1.807, 2.05) is 0 Å². The Kier molecular flexibility index (Phi) is 1.78. The van der Waals surface area contributed by atoms with Gasteiger partial charge in [-0.15, -0.1) is 0 Å². The van der Waals surface area contributed by atoms with Crippen molar-refractivity contribution in [1.82, 2.24) is 19.9 Å². The number of hydrogen-bond donors (Lipinski definition) is 4. The molecule has 84 valence electrons. The normalized spacial score (nSPS) is 17.8. The monoisotopic (exact) mass is 221 g/mol. The van der Waals surface area contributed by atoms with Crippen molar-refractivity contribution in [3.63, 3.8) is 0 Å². The summed E-state index contributed by atoms with van der Waals surface area (Å²) >= 11 is 0. The van der Waals surface area contributed by atoms with E-state index < -0.39 is 11.2 Å². The number of imidazole rings is 1. The maximum Gasteiger partial charge on any atom is 0.327 e. The van der Waals surface area contributed by atoms with Crippen LogP contribution in [0.2, 0.25) is 0 Å². The van der Waals surface area contributed by atoms with E-state index in [0.717, 1.165) is 12.8 Å². The molecule has 3 rings (SSSR count). The first-order valence-corrected chi connectivity index (χ1v) is 5.13. The number of nitrogens with zero attached hydrogens (tertiary/aromatic N) is 1. The maximum atomic E-state index is 11.4. The Morgan fingerprint density at radius 3 is 2.69 bits per heavy atom. The van der Waals surface area contributed by atoms with Gasteiger partial charge in [0.05, 0.1) is 6.04 Å². The van der Waals surface area contributed by atoms with Crippen molar-refractivity contribution in [1.29, 1.82) is 0 Å². The molecule has 0 bridgehead atoms. The van der Waals surface area contributed by atoms with E-state index >= 15 is 0 Å². The van der Waals surface area contributed by atoms with Crippen LogP contribution < -0.4 is 17.0 Å². The number of hydrogen-bond acceptors (Lipinski definition) is 4. The molecule has 0 radical (unpaired) electrons. The average Bonchev–Trinajstić information content (AvgIpc) is 2.97. The predicted molar refractivity (Wildman–Crippen MR) is 57.0 cm³/mol. The summed E-state index contributed by atoms with van der Waals surface area (Å²) in [6.45, 7) is 0. The van der Waals surface area contributed by atoms with E-state index in [2.05, 4.69) is 19.9 Å². The van der Waals surface area contributed by atoms with Crippen LogP contribution in [0.25, 0.3) is 11.2 Å². The minimum atomic E-state index is -0.560. The van der Waals surface area contributed by atoms with Gasteiger partial charge < -0.3 is 10.7 Å². The summed E-state index contributed by atoms with van der Waals surface area (Å²) in [5, 5.41) is 0. The van der Waals surface area contributed by atoms with Gasteiger partial charge in [-0.3, -0.25) is 14.8 Å². The standard InChI is InChI=1S/C9H11N5O2/c10-4(3-1-2-3)6-11-5-7(12-6)13-9(16)14-8(5)15/h3-4H,1-2,10H2,(H3,11,12,13,14,15,16). The van der Waals surface area contributed by atoms with Crippen LogP contribution in [0.1, 0.15) is 24.7 Å². The Hall–Kier alpha value is -1.89. The van der Waals surface area contributed by atoms with Gasteiger partial charge in [0.2, 0.25) is 0 Å². The van der Waals surface area contributed by atoms with Gasteiger partial charge in [0, 0.05) is 0 Å². The van der Waals surface area contributed by atoms with Crippen molar-refractivity contribution in [2.75, 3.05) is 0 Å². The second-order valence-corrected chi connectivity index (χ2v) is 4.12. The van der Waals surface area contributed by atoms with Gasteiger partial charge in [0.25, 0.3) is 5.56 Å². The van der Waals surface area contributed by atoms with Crippen LogP contribution in [0.5, 0.6) is 0 Å². The third-order valence-electron chi connectivity index (χ3n) is 2.85. The van der Waals surface area contributed by atoms with Gasteiger partial charge in [-0.1, -0.05) is 0 Å². The summed E-state index contributed by atoms with van der Waals surface area (Å²) in [5.41, 5.74) is 5.46. The SMILES string of the molecule is NC(c1nc2[nH]c(=O)[nH]c(=O)c2[nH]1)C1CC1. The van der Waals surface area contributed by atoms with Gasteiger partial charge in [-0.05, 0) is 18.8 Å². The highest BCUT2D eigenvalue weighted by molar-refractivity contribution is 5.68. The molecular formula is C9H11N5O2. The fraction of sp³-hybridized carbons (Fsp3) is 0.444. The molecule has 0 saturated heterocycles. The summed E-state index contributed by atoms with van der Waals surface area (Å²) in [4.78, 5) is 34.1. The molecule has 0 amide bonds. The molecule has 1 fully saturated rings. The van der Waals surface area contributed by atoms with Gasteiger partial charge in [0.15, 0.2) is 5.65 Å². The van der Waals surface area contributed by atoms with E-state index in [-0.39, 0.29) is 17.2 Å². The van der Waals surface area contributed by atoms with Crippen LogP contribution >= 0.6 is 0 Å². The second-order valence-electron chi connectivity index (χ2n) is 4.12. The Bertz CT molecular complexity index is 648. The number of fused-ring (bicyclic) bond motifs is 1. The fourth-order valence-electron chi connectivity index (χ4n) is 1.79. The molecular weight excluding hydrogens is 210 g/mol. The highest BCUT2D eigenvalue weighted by atomic mass is 16.2. The van der Waals surface area contributed by atoms with Gasteiger partial charge in [0.1, 0.15) is 11.3 Å². The summed E-state index contributed by atoms with van der Waals surface area (Å²) in [5.74, 6) is 0.996. The zero-order chi connectivity index (χ0) is 11.3. The van der Waals surface area contributed by atoms with Gasteiger partial charge in [-0.25, -0.2) is 9.78 Å². The summed E-state index contributed by atoms with van der Waals surface area (Å²) in [7, 11) is 0. The Labute approximate surface area is 89.1 Å². The zero-order valence-corrected chi connectivity index (χ0v) is 8.41. The molecule has 1 aliphatic carbocycles. The number of nitrogens with two attached hydrogens (primary N) is 1. The maximum absolute atomic E-state index is 11.4. The Morgan fingerprint density at radius 1 is 1.25 bits per heavy atom. The van der Waals surface area contributed by atoms with E-state index in [1.165, 1.54) is 0 Å². The van der Waals surface area contributed by atoms with E-state index in [1.54, 1.807) is 0 Å². The van der Waals surface area contributed by atoms with Crippen molar-refractivity contribution >= 4 is 11.2 Å². The molecule has 7 heteroatoms. The molecule has 1 saturated carbocycles. The van der Waals surface area contributed by atoms with Gasteiger partial charge in [-0.2, -0.15) is 0 Å². The topological polar surface area (TPSA) is 120 Å². The number of nitrogens with one attached hydrogen (secondary N) is 3. The largest absolute Gasteiger partial charge is 0.335 e. The highest BCUT2D eigenvalue weighted by Gasteiger charge is 2.31. The zero-order valence-electron chi connectivity index (χ0n) is 8.41. The predicted octanol–water partition coefficient (Wildman–Crippen LogP) is -0.651. The second kappa shape index (κ2) is 3.05. The van der Waals surface area contributed by atoms with E-state index in [0.29, 0.717) is 11.7 Å². The molecule has 0 aromatic carbocycles. The van der Waals surface area contributed by atoms with Crippen molar-refractivity contribution in [3.05, 3.63) is 26.7 Å². The molecule has 0 aliphatic heterocycles. The Morgan fingerprint density at radius 2 is 2.00 bits per heavy atom. The third-order valence-corrected chi connectivity index (χ3v) is 2.85. The van der Waals surface area contributed by atoms with Crippen LogP contribution in [0.4, 0.5) is 0 Å². The van der Waals surface area contributed by atoms with Gasteiger partial charge >= 0.3 is 5.69 Å². The smallest absolute Gasteiger partial charge is 0.327 e. The van der Waals surface area contributed by atoms with Crippen LogP contribution in [0, 0.1) is 5.92 Å². The van der Waals surface area contributed by atoms with Crippen molar-refractivity contribution in [2.24, 2.45) is 11.7 Å². The molecule has 2 aromatic heterocycles. The molecule has 7 nitrogen and oxygen atoms in total. The first-order valence-electron chi connectivity index (χ1n) is 5.13. The molecule has 0 spiro atoms. The van der Waals surface area contributed by atoms with Crippen molar-refractivity contribution in [3.8, 4) is 0 Å².